The van der Waals surface area contributed by atoms with Crippen molar-refractivity contribution in [3.63, 3.8) is 0 Å². The van der Waals surface area contributed by atoms with Crippen LogP contribution in [0.25, 0.3) is 21.7 Å². The van der Waals surface area contributed by atoms with Crippen LogP contribution in [0.15, 0.2) is 33.5 Å². The number of aryl methyl sites for hydroxylation is 1. The molecule has 102 valence electrons. The molecule has 0 spiro atoms. The molecule has 2 aromatic carbocycles. The number of ether oxygens (including phenoxy) is 1. The Labute approximate surface area is 112 Å². The third kappa shape index (κ3) is 1.59. The van der Waals surface area contributed by atoms with Crippen LogP contribution in [0.1, 0.15) is 5.56 Å². The lowest BCUT2D eigenvalue weighted by Crippen LogP contribution is -2.04. The van der Waals surface area contributed by atoms with Gasteiger partial charge in [-0.15, -0.1) is 0 Å². The number of halogens is 2. The topological polar surface area (TPSA) is 39.4 Å². The summed E-state index contributed by atoms with van der Waals surface area (Å²) < 4.78 is 38.0. The van der Waals surface area contributed by atoms with Gasteiger partial charge in [-0.3, -0.25) is 0 Å². The molecule has 0 saturated carbocycles. The van der Waals surface area contributed by atoms with E-state index in [0.29, 0.717) is 10.9 Å². The Morgan fingerprint density at radius 3 is 2.65 bits per heavy atom. The van der Waals surface area contributed by atoms with Crippen LogP contribution in [0.5, 0.6) is 5.75 Å². The predicted octanol–water partition coefficient (Wildman–Crippen LogP) is 3.54. The number of rotatable bonds is 1. The van der Waals surface area contributed by atoms with Gasteiger partial charge in [-0.1, -0.05) is 18.2 Å². The Bertz CT molecular complexity index is 897. The number of methoxy groups -OCH3 is 1. The highest BCUT2D eigenvalue weighted by Crippen LogP contribution is 2.33. The van der Waals surface area contributed by atoms with E-state index in [1.807, 2.05) is 0 Å². The van der Waals surface area contributed by atoms with Gasteiger partial charge in [-0.25, -0.2) is 9.18 Å². The van der Waals surface area contributed by atoms with Crippen molar-refractivity contribution < 1.29 is 17.9 Å². The van der Waals surface area contributed by atoms with Crippen molar-refractivity contribution in [2.45, 2.75) is 6.92 Å². The van der Waals surface area contributed by atoms with Gasteiger partial charge in [0.15, 0.2) is 11.3 Å². The van der Waals surface area contributed by atoms with Gasteiger partial charge < -0.3 is 9.15 Å². The summed E-state index contributed by atoms with van der Waals surface area (Å²) in [7, 11) is 1.22. The fourth-order valence-electron chi connectivity index (χ4n) is 2.37. The zero-order valence-electron chi connectivity index (χ0n) is 10.8. The van der Waals surface area contributed by atoms with Crippen molar-refractivity contribution in [3.8, 4) is 5.75 Å². The van der Waals surface area contributed by atoms with Gasteiger partial charge in [0, 0.05) is 11.5 Å². The van der Waals surface area contributed by atoms with Crippen LogP contribution in [0, 0.1) is 18.6 Å². The predicted molar refractivity (Wildman–Crippen MR) is 71.2 cm³/mol. The smallest absolute Gasteiger partial charge is 0.344 e. The maximum Gasteiger partial charge on any atom is 0.344 e. The third-order valence-electron chi connectivity index (χ3n) is 3.30. The first kappa shape index (κ1) is 12.6. The van der Waals surface area contributed by atoms with E-state index < -0.39 is 22.8 Å². The standard InChI is InChI=1S/C15H10F2O3/c1-7-4-3-5-8-11(7)15(18)20-14-12(8)9(16)6-10(19-2)13(14)17/h3-6H,1-2H3. The number of benzene rings is 2. The molecule has 0 N–H and O–H groups in total. The highest BCUT2D eigenvalue weighted by molar-refractivity contribution is 6.06. The molecule has 0 unspecified atom stereocenters. The van der Waals surface area contributed by atoms with Gasteiger partial charge in [0.05, 0.1) is 17.9 Å². The van der Waals surface area contributed by atoms with Crippen LogP contribution in [0.3, 0.4) is 0 Å². The summed E-state index contributed by atoms with van der Waals surface area (Å²) in [6.45, 7) is 1.71. The molecule has 1 aromatic heterocycles. The van der Waals surface area contributed by atoms with E-state index >= 15 is 0 Å². The quantitative estimate of drug-likeness (QED) is 0.504. The minimum Gasteiger partial charge on any atom is -0.493 e. The third-order valence-corrected chi connectivity index (χ3v) is 3.30. The second kappa shape index (κ2) is 4.30. The monoisotopic (exact) mass is 276 g/mol. The minimum absolute atomic E-state index is 0.0541. The number of hydrogen-bond acceptors (Lipinski definition) is 3. The van der Waals surface area contributed by atoms with Crippen LogP contribution in [-0.4, -0.2) is 7.11 Å². The minimum atomic E-state index is -0.885. The molecule has 3 aromatic rings. The van der Waals surface area contributed by atoms with E-state index in [1.165, 1.54) is 7.11 Å². The van der Waals surface area contributed by atoms with Crippen LogP contribution in [-0.2, 0) is 0 Å². The Kier molecular flexibility index (Phi) is 2.71. The molecule has 3 nitrogen and oxygen atoms in total. The maximum absolute atomic E-state index is 14.2. The summed E-state index contributed by atoms with van der Waals surface area (Å²) in [6, 6.07) is 5.90. The van der Waals surface area contributed by atoms with Crippen LogP contribution in [0.2, 0.25) is 0 Å². The molecule has 0 fully saturated rings. The summed E-state index contributed by atoms with van der Waals surface area (Å²) in [5, 5.41) is 0.528. The molecule has 0 atom stereocenters. The van der Waals surface area contributed by atoms with Crippen molar-refractivity contribution in [2.24, 2.45) is 0 Å². The van der Waals surface area contributed by atoms with Gasteiger partial charge in [0.1, 0.15) is 5.82 Å². The normalized spacial score (nSPS) is 11.2. The molecule has 0 aliphatic carbocycles. The molecule has 0 saturated heterocycles. The molecule has 0 aliphatic rings. The van der Waals surface area contributed by atoms with E-state index in [9.17, 15) is 13.6 Å². The average Bonchev–Trinajstić information content (AvgIpc) is 2.42. The lowest BCUT2D eigenvalue weighted by atomic mass is 10.0. The Morgan fingerprint density at radius 2 is 1.95 bits per heavy atom. The van der Waals surface area contributed by atoms with E-state index in [1.54, 1.807) is 25.1 Å². The molecule has 0 radical (unpaired) electrons. The summed E-state index contributed by atoms with van der Waals surface area (Å²) in [5.74, 6) is -1.88. The molecule has 1 heterocycles. The van der Waals surface area contributed by atoms with Crippen molar-refractivity contribution >= 4 is 21.7 Å². The Hall–Kier alpha value is -2.43. The van der Waals surface area contributed by atoms with Gasteiger partial charge in [-0.05, 0) is 12.5 Å². The van der Waals surface area contributed by atoms with Crippen LogP contribution in [0.4, 0.5) is 8.78 Å². The molecular formula is C15H10F2O3. The summed E-state index contributed by atoms with van der Waals surface area (Å²) in [4.78, 5) is 12.0. The first-order valence-corrected chi connectivity index (χ1v) is 5.92. The molecular weight excluding hydrogens is 266 g/mol. The SMILES string of the molecule is COc1cc(F)c2c(oc(=O)c3c(C)cccc32)c1F. The van der Waals surface area contributed by atoms with Gasteiger partial charge >= 0.3 is 5.63 Å². The van der Waals surface area contributed by atoms with E-state index in [0.717, 1.165) is 6.07 Å². The van der Waals surface area contributed by atoms with Gasteiger partial charge in [0.2, 0.25) is 5.82 Å². The first-order chi connectivity index (χ1) is 9.54. The summed E-state index contributed by atoms with van der Waals surface area (Å²) >= 11 is 0. The zero-order valence-corrected chi connectivity index (χ0v) is 10.8. The molecule has 0 amide bonds. The zero-order chi connectivity index (χ0) is 14.4. The lowest BCUT2D eigenvalue weighted by Gasteiger charge is -2.09. The summed E-state index contributed by atoms with van der Waals surface area (Å²) in [6.07, 6.45) is 0. The van der Waals surface area contributed by atoms with Crippen molar-refractivity contribution in [3.05, 3.63) is 51.9 Å². The average molecular weight is 276 g/mol. The lowest BCUT2D eigenvalue weighted by molar-refractivity contribution is 0.380. The molecule has 0 bridgehead atoms. The molecule has 0 aliphatic heterocycles. The van der Waals surface area contributed by atoms with Crippen molar-refractivity contribution in [2.75, 3.05) is 7.11 Å². The molecule has 20 heavy (non-hydrogen) atoms. The van der Waals surface area contributed by atoms with E-state index in [4.69, 9.17) is 9.15 Å². The fraction of sp³-hybridized carbons (Fsp3) is 0.133. The largest absolute Gasteiger partial charge is 0.493 e. The van der Waals surface area contributed by atoms with Gasteiger partial charge in [-0.2, -0.15) is 4.39 Å². The second-order valence-electron chi connectivity index (χ2n) is 4.47. The maximum atomic E-state index is 14.2. The Balaban J connectivity index is 2.66. The fourth-order valence-corrected chi connectivity index (χ4v) is 2.37. The molecule has 5 heteroatoms. The van der Waals surface area contributed by atoms with E-state index in [-0.39, 0.29) is 16.5 Å². The number of hydrogen-bond donors (Lipinski definition) is 0. The van der Waals surface area contributed by atoms with Crippen LogP contribution < -0.4 is 10.4 Å². The van der Waals surface area contributed by atoms with Gasteiger partial charge in [0.25, 0.3) is 0 Å². The molecule has 3 rings (SSSR count). The van der Waals surface area contributed by atoms with Crippen LogP contribution >= 0.6 is 0 Å². The summed E-state index contributed by atoms with van der Waals surface area (Å²) in [5.41, 5.74) is -0.476. The van der Waals surface area contributed by atoms with E-state index in [2.05, 4.69) is 0 Å². The Morgan fingerprint density at radius 1 is 1.20 bits per heavy atom. The highest BCUT2D eigenvalue weighted by Gasteiger charge is 2.19. The first-order valence-electron chi connectivity index (χ1n) is 5.92. The number of fused-ring (bicyclic) bond motifs is 3. The highest BCUT2D eigenvalue weighted by atomic mass is 19.1. The van der Waals surface area contributed by atoms with Crippen molar-refractivity contribution in [1.29, 1.82) is 0 Å². The van der Waals surface area contributed by atoms with Crippen molar-refractivity contribution in [1.82, 2.24) is 0 Å². The second-order valence-corrected chi connectivity index (χ2v) is 4.47.